The molecule has 1 unspecified atom stereocenters. The zero-order chi connectivity index (χ0) is 15.0. The number of rotatable bonds is 3. The van der Waals surface area contributed by atoms with Crippen LogP contribution in [-0.4, -0.2) is 73.0 Å². The first kappa shape index (κ1) is 14.0. The number of aromatic nitrogens is 4. The number of hydrogen-bond acceptors (Lipinski definition) is 8. The molecule has 9 nitrogen and oxygen atoms in total. The summed E-state index contributed by atoms with van der Waals surface area (Å²) in [6.45, 7) is -0.385. The highest BCUT2D eigenvalue weighted by atomic mass is 16.6. The van der Waals surface area contributed by atoms with Crippen molar-refractivity contribution in [3.05, 3.63) is 18.3 Å². The van der Waals surface area contributed by atoms with Crippen molar-refractivity contribution in [1.29, 1.82) is 0 Å². The molecule has 3 heterocycles. The number of ether oxygens (including phenoxy) is 1. The highest BCUT2D eigenvalue weighted by Crippen LogP contribution is 2.31. The van der Waals surface area contributed by atoms with Gasteiger partial charge in [0.15, 0.2) is 11.9 Å². The molecular formula is C12H15N5O4. The van der Waals surface area contributed by atoms with Gasteiger partial charge in [0.05, 0.1) is 12.9 Å². The van der Waals surface area contributed by atoms with E-state index in [-0.39, 0.29) is 6.61 Å². The van der Waals surface area contributed by atoms with Crippen LogP contribution < -0.4 is 0 Å². The minimum atomic E-state index is -1.18. The summed E-state index contributed by atoms with van der Waals surface area (Å²) in [6.07, 6.45) is 0.294. The maximum atomic E-state index is 10.1. The van der Waals surface area contributed by atoms with E-state index >= 15 is 0 Å². The van der Waals surface area contributed by atoms with Gasteiger partial charge in [-0.1, -0.05) is 0 Å². The number of aliphatic imine (C=N–C) groups is 1. The van der Waals surface area contributed by atoms with Crippen molar-refractivity contribution in [3.8, 4) is 0 Å². The molecule has 4 atom stereocenters. The van der Waals surface area contributed by atoms with Crippen LogP contribution in [0.25, 0.3) is 11.2 Å². The van der Waals surface area contributed by atoms with Gasteiger partial charge in [-0.2, -0.15) is 0 Å². The van der Waals surface area contributed by atoms with Crippen LogP contribution in [0.3, 0.4) is 0 Å². The van der Waals surface area contributed by atoms with Crippen LogP contribution in [0.15, 0.2) is 17.6 Å². The van der Waals surface area contributed by atoms with Crippen LogP contribution in [0.5, 0.6) is 0 Å². The van der Waals surface area contributed by atoms with E-state index in [2.05, 4.69) is 19.9 Å². The molecule has 1 aliphatic heterocycles. The molecule has 0 amide bonds. The minimum Gasteiger partial charge on any atom is -0.394 e. The van der Waals surface area contributed by atoms with Gasteiger partial charge in [-0.3, -0.25) is 9.56 Å². The number of imidazole rings is 1. The Hall–Kier alpha value is -1.94. The summed E-state index contributed by atoms with van der Waals surface area (Å²) in [6, 6.07) is 0. The van der Waals surface area contributed by atoms with Crippen LogP contribution in [0, 0.1) is 0 Å². The second-order valence-corrected chi connectivity index (χ2v) is 4.70. The van der Waals surface area contributed by atoms with E-state index in [9.17, 15) is 10.2 Å². The Morgan fingerprint density at radius 3 is 2.81 bits per heavy atom. The molecule has 2 aromatic heterocycles. The lowest BCUT2D eigenvalue weighted by molar-refractivity contribution is -0.0511. The minimum absolute atomic E-state index is 0.385. The fourth-order valence-electron chi connectivity index (χ4n) is 2.38. The molecule has 3 N–H and O–H groups in total. The molecule has 0 aromatic carbocycles. The Bertz CT molecular complexity index is 673. The summed E-state index contributed by atoms with van der Waals surface area (Å²) < 4.78 is 6.97. The van der Waals surface area contributed by atoms with Crippen molar-refractivity contribution >= 4 is 17.4 Å². The molecule has 0 bridgehead atoms. The van der Waals surface area contributed by atoms with E-state index in [1.54, 1.807) is 13.3 Å². The number of aliphatic hydroxyl groups is 3. The average Bonchev–Trinajstić information content (AvgIpc) is 3.03. The lowest BCUT2D eigenvalue weighted by Gasteiger charge is -2.16. The molecular weight excluding hydrogens is 278 g/mol. The first-order valence-electron chi connectivity index (χ1n) is 6.39. The van der Waals surface area contributed by atoms with Gasteiger partial charge in [0, 0.05) is 13.3 Å². The molecule has 21 heavy (non-hydrogen) atoms. The SMILES string of the molecule is CN=Cc1ncnc2c1ncn2[C@@H]1O[C@H](CO)[C@H](O)C1O. The first-order valence-corrected chi connectivity index (χ1v) is 6.39. The summed E-state index contributed by atoms with van der Waals surface area (Å²) in [4.78, 5) is 16.3. The lowest BCUT2D eigenvalue weighted by atomic mass is 10.1. The smallest absolute Gasteiger partial charge is 0.166 e. The van der Waals surface area contributed by atoms with Crippen LogP contribution >= 0.6 is 0 Å². The molecule has 1 fully saturated rings. The van der Waals surface area contributed by atoms with E-state index < -0.39 is 24.5 Å². The molecule has 9 heteroatoms. The molecule has 2 aromatic rings. The third-order valence-corrected chi connectivity index (χ3v) is 3.43. The monoisotopic (exact) mass is 293 g/mol. The van der Waals surface area contributed by atoms with Gasteiger partial charge in [-0.15, -0.1) is 0 Å². The Labute approximate surface area is 119 Å². The van der Waals surface area contributed by atoms with Crippen molar-refractivity contribution in [3.63, 3.8) is 0 Å². The quantitative estimate of drug-likeness (QED) is 0.587. The van der Waals surface area contributed by atoms with Crippen LogP contribution in [0.1, 0.15) is 11.9 Å². The maximum Gasteiger partial charge on any atom is 0.166 e. The first-order chi connectivity index (χ1) is 10.2. The van der Waals surface area contributed by atoms with Crippen LogP contribution in [0.4, 0.5) is 0 Å². The number of hydrogen-bond donors (Lipinski definition) is 3. The normalized spacial score (nSPS) is 29.7. The molecule has 0 aliphatic carbocycles. The van der Waals surface area contributed by atoms with Crippen LogP contribution in [-0.2, 0) is 4.74 Å². The Morgan fingerprint density at radius 2 is 2.14 bits per heavy atom. The predicted octanol–water partition coefficient (Wildman–Crippen LogP) is -1.51. The van der Waals surface area contributed by atoms with Crippen LogP contribution in [0.2, 0.25) is 0 Å². The predicted molar refractivity (Wildman–Crippen MR) is 71.9 cm³/mol. The number of nitrogens with zero attached hydrogens (tertiary/aromatic N) is 5. The van der Waals surface area contributed by atoms with Crippen molar-refractivity contribution in [2.45, 2.75) is 24.5 Å². The van der Waals surface area contributed by atoms with Gasteiger partial charge in [0.1, 0.15) is 35.8 Å². The second-order valence-electron chi connectivity index (χ2n) is 4.70. The van der Waals surface area contributed by atoms with E-state index in [0.29, 0.717) is 16.9 Å². The van der Waals surface area contributed by atoms with Crippen molar-refractivity contribution in [1.82, 2.24) is 19.5 Å². The standard InChI is InChI=1S/C12H15N5O4/c1-13-2-6-8-11(15-4-14-6)17(5-16-8)12-10(20)9(19)7(3-18)21-12/h2,4-5,7,9-10,12,18-20H,3H2,1H3/t7-,9+,10?,12-/m1/s1. The summed E-state index contributed by atoms with van der Waals surface area (Å²) >= 11 is 0. The Balaban J connectivity index is 2.04. The summed E-state index contributed by atoms with van der Waals surface area (Å²) in [7, 11) is 1.62. The van der Waals surface area contributed by atoms with Gasteiger partial charge in [0.2, 0.25) is 0 Å². The largest absolute Gasteiger partial charge is 0.394 e. The third-order valence-electron chi connectivity index (χ3n) is 3.43. The van der Waals surface area contributed by atoms with E-state index in [4.69, 9.17) is 9.84 Å². The third kappa shape index (κ3) is 2.20. The van der Waals surface area contributed by atoms with Crippen molar-refractivity contribution < 1.29 is 20.1 Å². The van der Waals surface area contributed by atoms with Gasteiger partial charge >= 0.3 is 0 Å². The van der Waals surface area contributed by atoms with E-state index in [1.807, 2.05) is 0 Å². The highest BCUT2D eigenvalue weighted by molar-refractivity contribution is 5.92. The Kier molecular flexibility index (Phi) is 3.64. The van der Waals surface area contributed by atoms with Crippen molar-refractivity contribution in [2.24, 2.45) is 4.99 Å². The topological polar surface area (TPSA) is 126 Å². The number of fused-ring (bicyclic) bond motifs is 1. The van der Waals surface area contributed by atoms with E-state index in [0.717, 1.165) is 0 Å². The zero-order valence-corrected chi connectivity index (χ0v) is 11.2. The van der Waals surface area contributed by atoms with Crippen molar-refractivity contribution in [2.75, 3.05) is 13.7 Å². The maximum absolute atomic E-state index is 10.1. The fraction of sp³-hybridized carbons (Fsp3) is 0.500. The molecule has 3 rings (SSSR count). The molecule has 1 saturated heterocycles. The fourth-order valence-corrected chi connectivity index (χ4v) is 2.38. The average molecular weight is 293 g/mol. The molecule has 0 radical (unpaired) electrons. The molecule has 112 valence electrons. The second kappa shape index (κ2) is 5.45. The molecule has 0 spiro atoms. The summed E-state index contributed by atoms with van der Waals surface area (Å²) in [5, 5.41) is 29.0. The van der Waals surface area contributed by atoms with Gasteiger partial charge in [-0.05, 0) is 0 Å². The number of aliphatic hydroxyl groups excluding tert-OH is 3. The van der Waals surface area contributed by atoms with E-state index in [1.165, 1.54) is 17.2 Å². The Morgan fingerprint density at radius 1 is 1.33 bits per heavy atom. The zero-order valence-electron chi connectivity index (χ0n) is 11.2. The summed E-state index contributed by atoms with van der Waals surface area (Å²) in [5.41, 5.74) is 1.52. The van der Waals surface area contributed by atoms with Gasteiger partial charge in [0.25, 0.3) is 0 Å². The lowest BCUT2D eigenvalue weighted by Crippen LogP contribution is -2.33. The molecule has 1 aliphatic rings. The van der Waals surface area contributed by atoms with Gasteiger partial charge in [-0.25, -0.2) is 15.0 Å². The van der Waals surface area contributed by atoms with Gasteiger partial charge < -0.3 is 20.1 Å². The highest BCUT2D eigenvalue weighted by Gasteiger charge is 2.43. The summed E-state index contributed by atoms with van der Waals surface area (Å²) in [5.74, 6) is 0. The molecule has 0 saturated carbocycles.